The van der Waals surface area contributed by atoms with Crippen molar-refractivity contribution in [2.24, 2.45) is 0 Å². The second-order valence-electron chi connectivity index (χ2n) is 4.38. The van der Waals surface area contributed by atoms with Gasteiger partial charge >= 0.3 is 0 Å². The van der Waals surface area contributed by atoms with E-state index in [1.807, 2.05) is 13.8 Å². The Morgan fingerprint density at radius 3 is 2.71 bits per heavy atom. The van der Waals surface area contributed by atoms with Gasteiger partial charge in [-0.15, -0.1) is 0 Å². The van der Waals surface area contributed by atoms with Crippen LogP contribution in [0.25, 0.3) is 0 Å². The van der Waals surface area contributed by atoms with Crippen molar-refractivity contribution in [2.45, 2.75) is 33.0 Å². The molecule has 0 aliphatic rings. The number of nitrogens with one attached hydrogen (secondary N) is 1. The predicted octanol–water partition coefficient (Wildman–Crippen LogP) is 2.33. The van der Waals surface area contributed by atoms with Crippen LogP contribution in [-0.2, 0) is 4.74 Å². The number of aliphatic hydroxyl groups excluding tert-OH is 1. The summed E-state index contributed by atoms with van der Waals surface area (Å²) in [6, 6.07) is 4.78. The largest absolute Gasteiger partial charge is 0.389 e. The van der Waals surface area contributed by atoms with Crippen LogP contribution >= 0.6 is 0 Å². The highest BCUT2D eigenvalue weighted by atomic mass is 19.1. The van der Waals surface area contributed by atoms with Crippen LogP contribution in [0.2, 0.25) is 0 Å². The first-order chi connectivity index (χ1) is 7.99. The third-order valence-electron chi connectivity index (χ3n) is 2.32. The molecule has 4 heteroatoms. The molecule has 0 radical (unpaired) electrons. The molecule has 1 rings (SSSR count). The van der Waals surface area contributed by atoms with Gasteiger partial charge in [0.1, 0.15) is 5.82 Å². The van der Waals surface area contributed by atoms with Crippen LogP contribution in [0.5, 0.6) is 0 Å². The lowest BCUT2D eigenvalue weighted by molar-refractivity contribution is 0.0112. The highest BCUT2D eigenvalue weighted by Gasteiger charge is 2.06. The molecule has 2 N–H and O–H groups in total. The van der Waals surface area contributed by atoms with Crippen LogP contribution < -0.4 is 5.32 Å². The van der Waals surface area contributed by atoms with E-state index in [1.165, 1.54) is 6.07 Å². The average molecular weight is 241 g/mol. The van der Waals surface area contributed by atoms with E-state index in [2.05, 4.69) is 5.32 Å². The minimum atomic E-state index is -0.567. The van der Waals surface area contributed by atoms with Crippen molar-refractivity contribution in [2.75, 3.05) is 18.5 Å². The summed E-state index contributed by atoms with van der Waals surface area (Å²) in [5, 5.41) is 12.7. The molecule has 0 spiro atoms. The second-order valence-corrected chi connectivity index (χ2v) is 4.38. The summed E-state index contributed by atoms with van der Waals surface area (Å²) < 4.78 is 18.3. The first-order valence-electron chi connectivity index (χ1n) is 5.78. The Balaban J connectivity index is 2.36. The van der Waals surface area contributed by atoms with Crippen molar-refractivity contribution in [1.29, 1.82) is 0 Å². The summed E-state index contributed by atoms with van der Waals surface area (Å²) in [7, 11) is 0. The zero-order chi connectivity index (χ0) is 12.8. The molecule has 0 fully saturated rings. The standard InChI is InChI=1S/C13H20FNO2/c1-9(2)17-8-12(16)7-15-11-4-5-13(14)10(3)6-11/h4-6,9,12,15-16H,7-8H2,1-3H3. The zero-order valence-corrected chi connectivity index (χ0v) is 10.5. The van der Waals surface area contributed by atoms with Gasteiger partial charge in [0, 0.05) is 12.2 Å². The van der Waals surface area contributed by atoms with Crippen molar-refractivity contribution in [3.8, 4) is 0 Å². The normalized spacial score (nSPS) is 12.8. The average Bonchev–Trinajstić information content (AvgIpc) is 2.28. The quantitative estimate of drug-likeness (QED) is 0.803. The molecule has 3 nitrogen and oxygen atoms in total. The Bertz CT molecular complexity index is 355. The van der Waals surface area contributed by atoms with Crippen LogP contribution in [0.4, 0.5) is 10.1 Å². The second kappa shape index (κ2) is 6.57. The number of hydrogen-bond acceptors (Lipinski definition) is 3. The Morgan fingerprint density at radius 2 is 2.12 bits per heavy atom. The van der Waals surface area contributed by atoms with E-state index in [1.54, 1.807) is 19.1 Å². The number of hydrogen-bond donors (Lipinski definition) is 2. The van der Waals surface area contributed by atoms with Gasteiger partial charge in [-0.2, -0.15) is 0 Å². The highest BCUT2D eigenvalue weighted by Crippen LogP contribution is 2.13. The molecule has 96 valence electrons. The third-order valence-corrected chi connectivity index (χ3v) is 2.32. The summed E-state index contributed by atoms with van der Waals surface area (Å²) in [6.07, 6.45) is -0.458. The van der Waals surface area contributed by atoms with Gasteiger partial charge in [0.05, 0.1) is 18.8 Å². The van der Waals surface area contributed by atoms with Gasteiger partial charge in [0.15, 0.2) is 0 Å². The van der Waals surface area contributed by atoms with Gasteiger partial charge in [-0.3, -0.25) is 0 Å². The Hall–Kier alpha value is -1.13. The lowest BCUT2D eigenvalue weighted by atomic mass is 10.2. The lowest BCUT2D eigenvalue weighted by Gasteiger charge is -2.15. The van der Waals surface area contributed by atoms with Crippen LogP contribution in [0.3, 0.4) is 0 Å². The molecule has 0 aliphatic carbocycles. The smallest absolute Gasteiger partial charge is 0.126 e. The van der Waals surface area contributed by atoms with E-state index < -0.39 is 6.10 Å². The number of rotatable bonds is 6. The van der Waals surface area contributed by atoms with Gasteiger partial charge < -0.3 is 15.2 Å². The molecule has 1 unspecified atom stereocenters. The number of benzene rings is 1. The van der Waals surface area contributed by atoms with Crippen molar-refractivity contribution in [1.82, 2.24) is 0 Å². The number of aliphatic hydroxyl groups is 1. The van der Waals surface area contributed by atoms with Crippen LogP contribution in [0.15, 0.2) is 18.2 Å². The van der Waals surface area contributed by atoms with Gasteiger partial charge in [0.2, 0.25) is 0 Å². The molecule has 0 saturated carbocycles. The predicted molar refractivity (Wildman–Crippen MR) is 66.7 cm³/mol. The van der Waals surface area contributed by atoms with Gasteiger partial charge in [-0.05, 0) is 44.5 Å². The molecule has 1 aromatic rings. The van der Waals surface area contributed by atoms with Gasteiger partial charge in [0.25, 0.3) is 0 Å². The minimum absolute atomic E-state index is 0.109. The summed E-state index contributed by atoms with van der Waals surface area (Å²) in [5.74, 6) is -0.223. The lowest BCUT2D eigenvalue weighted by Crippen LogP contribution is -2.26. The van der Waals surface area contributed by atoms with Gasteiger partial charge in [-0.1, -0.05) is 0 Å². The van der Waals surface area contributed by atoms with Crippen LogP contribution in [0, 0.1) is 12.7 Å². The Kier molecular flexibility index (Phi) is 5.38. The third kappa shape index (κ3) is 5.15. The van der Waals surface area contributed by atoms with Crippen LogP contribution in [0.1, 0.15) is 19.4 Å². The fourth-order valence-corrected chi connectivity index (χ4v) is 1.35. The summed E-state index contributed by atoms with van der Waals surface area (Å²) in [5.41, 5.74) is 1.38. The molecule has 0 aromatic heterocycles. The first-order valence-corrected chi connectivity index (χ1v) is 5.78. The van der Waals surface area contributed by atoms with E-state index in [-0.39, 0.29) is 11.9 Å². The van der Waals surface area contributed by atoms with E-state index in [4.69, 9.17) is 4.74 Å². The molecule has 1 aromatic carbocycles. The van der Waals surface area contributed by atoms with E-state index in [9.17, 15) is 9.50 Å². The maximum absolute atomic E-state index is 13.0. The number of halogens is 1. The number of anilines is 1. The first kappa shape index (κ1) is 13.9. The fraction of sp³-hybridized carbons (Fsp3) is 0.538. The minimum Gasteiger partial charge on any atom is -0.389 e. The number of ether oxygens (including phenoxy) is 1. The molecule has 0 bridgehead atoms. The molecule has 0 heterocycles. The monoisotopic (exact) mass is 241 g/mol. The van der Waals surface area contributed by atoms with E-state index in [0.29, 0.717) is 18.7 Å². The maximum atomic E-state index is 13.0. The van der Waals surface area contributed by atoms with Crippen molar-refractivity contribution in [3.63, 3.8) is 0 Å². The molecular weight excluding hydrogens is 221 g/mol. The van der Waals surface area contributed by atoms with Crippen molar-refractivity contribution in [3.05, 3.63) is 29.6 Å². The van der Waals surface area contributed by atoms with E-state index in [0.717, 1.165) is 5.69 Å². The highest BCUT2D eigenvalue weighted by molar-refractivity contribution is 5.45. The number of aryl methyl sites for hydroxylation is 1. The summed E-state index contributed by atoms with van der Waals surface area (Å²) in [6.45, 7) is 6.23. The van der Waals surface area contributed by atoms with Crippen molar-refractivity contribution >= 4 is 5.69 Å². The molecule has 0 aliphatic heterocycles. The molecule has 1 atom stereocenters. The van der Waals surface area contributed by atoms with Gasteiger partial charge in [-0.25, -0.2) is 4.39 Å². The fourth-order valence-electron chi connectivity index (χ4n) is 1.35. The van der Waals surface area contributed by atoms with Crippen molar-refractivity contribution < 1.29 is 14.2 Å². The molecule has 17 heavy (non-hydrogen) atoms. The maximum Gasteiger partial charge on any atom is 0.126 e. The molecule has 0 amide bonds. The molecule has 0 saturated heterocycles. The summed E-state index contributed by atoms with van der Waals surface area (Å²) >= 11 is 0. The topological polar surface area (TPSA) is 41.5 Å². The summed E-state index contributed by atoms with van der Waals surface area (Å²) in [4.78, 5) is 0. The zero-order valence-electron chi connectivity index (χ0n) is 10.5. The SMILES string of the molecule is Cc1cc(NCC(O)COC(C)C)ccc1F. The Morgan fingerprint density at radius 1 is 1.41 bits per heavy atom. The van der Waals surface area contributed by atoms with Crippen LogP contribution in [-0.4, -0.2) is 30.5 Å². The van der Waals surface area contributed by atoms with E-state index >= 15 is 0 Å². The molecular formula is C13H20FNO2. The Labute approximate surface area is 102 Å².